The highest BCUT2D eigenvalue weighted by Gasteiger charge is 2.14. The lowest BCUT2D eigenvalue weighted by Gasteiger charge is -2.16. The lowest BCUT2D eigenvalue weighted by atomic mass is 10.1. The molecule has 0 spiro atoms. The van der Waals surface area contributed by atoms with Gasteiger partial charge in [0, 0.05) is 28.7 Å². The standard InChI is InChI=1S/C23H22Cl3NO3/c1-29-22-10-15(12-27-13-21(28)16-5-3-2-4-6-16)9-20(26)23(22)30-14-17-7-8-18(24)11-19(17)25/h2-11,21,27-28H,12-14H2,1H3/t21-/m0/s1. The van der Waals surface area contributed by atoms with Gasteiger partial charge in [0.25, 0.3) is 0 Å². The van der Waals surface area contributed by atoms with Crippen molar-refractivity contribution in [2.24, 2.45) is 0 Å². The molecular weight excluding hydrogens is 445 g/mol. The van der Waals surface area contributed by atoms with Crippen molar-refractivity contribution >= 4 is 34.8 Å². The number of methoxy groups -OCH3 is 1. The van der Waals surface area contributed by atoms with E-state index in [2.05, 4.69) is 5.32 Å². The molecule has 2 N–H and O–H groups in total. The van der Waals surface area contributed by atoms with E-state index < -0.39 is 6.10 Å². The molecular formula is C23H22Cl3NO3. The van der Waals surface area contributed by atoms with Gasteiger partial charge in [-0.3, -0.25) is 0 Å². The van der Waals surface area contributed by atoms with Crippen LogP contribution < -0.4 is 14.8 Å². The zero-order valence-corrected chi connectivity index (χ0v) is 18.6. The molecule has 158 valence electrons. The van der Waals surface area contributed by atoms with Crippen molar-refractivity contribution in [2.75, 3.05) is 13.7 Å². The second kappa shape index (κ2) is 10.9. The van der Waals surface area contributed by atoms with Crippen LogP contribution in [0.2, 0.25) is 15.1 Å². The van der Waals surface area contributed by atoms with E-state index in [1.165, 1.54) is 0 Å². The normalized spacial score (nSPS) is 11.9. The first-order valence-corrected chi connectivity index (χ1v) is 10.5. The van der Waals surface area contributed by atoms with Crippen molar-refractivity contribution in [1.82, 2.24) is 5.32 Å². The van der Waals surface area contributed by atoms with E-state index in [9.17, 15) is 5.11 Å². The van der Waals surface area contributed by atoms with Gasteiger partial charge >= 0.3 is 0 Å². The van der Waals surface area contributed by atoms with Gasteiger partial charge in [0.2, 0.25) is 0 Å². The molecule has 0 radical (unpaired) electrons. The summed E-state index contributed by atoms with van der Waals surface area (Å²) < 4.78 is 11.3. The number of halogens is 3. The minimum Gasteiger partial charge on any atom is -0.493 e. The fourth-order valence-corrected chi connectivity index (χ4v) is 3.70. The van der Waals surface area contributed by atoms with Crippen molar-refractivity contribution in [3.05, 3.63) is 92.4 Å². The zero-order valence-electron chi connectivity index (χ0n) is 16.4. The fraction of sp³-hybridized carbons (Fsp3) is 0.217. The Hall–Kier alpha value is -1.95. The SMILES string of the molecule is COc1cc(CNC[C@H](O)c2ccccc2)cc(Cl)c1OCc1ccc(Cl)cc1Cl. The second-order valence-corrected chi connectivity index (χ2v) is 7.94. The maximum atomic E-state index is 10.3. The molecule has 0 bridgehead atoms. The second-order valence-electron chi connectivity index (χ2n) is 6.69. The average molecular weight is 467 g/mol. The van der Waals surface area contributed by atoms with Gasteiger partial charge in [-0.25, -0.2) is 0 Å². The molecule has 0 aliphatic carbocycles. The van der Waals surface area contributed by atoms with Gasteiger partial charge in [0.1, 0.15) is 6.61 Å². The van der Waals surface area contributed by atoms with Crippen LogP contribution in [-0.4, -0.2) is 18.8 Å². The average Bonchev–Trinajstić information content (AvgIpc) is 2.74. The molecule has 0 amide bonds. The predicted molar refractivity (Wildman–Crippen MR) is 122 cm³/mol. The molecule has 0 aliphatic heterocycles. The first-order valence-electron chi connectivity index (χ1n) is 9.34. The first kappa shape index (κ1) is 22.7. The largest absolute Gasteiger partial charge is 0.493 e. The third-order valence-corrected chi connectivity index (χ3v) is 5.40. The molecule has 3 aromatic rings. The van der Waals surface area contributed by atoms with Gasteiger partial charge in [-0.1, -0.05) is 71.2 Å². The maximum Gasteiger partial charge on any atom is 0.180 e. The van der Waals surface area contributed by atoms with Crippen molar-refractivity contribution in [2.45, 2.75) is 19.3 Å². The molecule has 1 atom stereocenters. The third kappa shape index (κ3) is 6.03. The Bertz CT molecular complexity index is 983. The molecule has 0 saturated carbocycles. The summed E-state index contributed by atoms with van der Waals surface area (Å²) in [6, 6.07) is 18.4. The van der Waals surface area contributed by atoms with Crippen LogP contribution in [0.15, 0.2) is 60.7 Å². The molecule has 0 fully saturated rings. The topological polar surface area (TPSA) is 50.7 Å². The summed E-state index contributed by atoms with van der Waals surface area (Å²) >= 11 is 18.6. The highest BCUT2D eigenvalue weighted by molar-refractivity contribution is 6.35. The van der Waals surface area contributed by atoms with Crippen LogP contribution in [-0.2, 0) is 13.2 Å². The summed E-state index contributed by atoms with van der Waals surface area (Å²) in [6.45, 7) is 1.16. The molecule has 0 unspecified atom stereocenters. The highest BCUT2D eigenvalue weighted by atomic mass is 35.5. The Morgan fingerprint density at radius 2 is 1.73 bits per heavy atom. The van der Waals surface area contributed by atoms with Crippen LogP contribution in [0.25, 0.3) is 0 Å². The zero-order chi connectivity index (χ0) is 21.5. The Kier molecular flexibility index (Phi) is 8.25. The minimum atomic E-state index is -0.588. The third-order valence-electron chi connectivity index (χ3n) is 4.53. The molecule has 0 heterocycles. The van der Waals surface area contributed by atoms with Crippen molar-refractivity contribution in [1.29, 1.82) is 0 Å². The number of benzene rings is 3. The van der Waals surface area contributed by atoms with Gasteiger partial charge in [-0.05, 0) is 35.4 Å². The van der Waals surface area contributed by atoms with E-state index in [1.54, 1.807) is 25.3 Å². The highest BCUT2D eigenvalue weighted by Crippen LogP contribution is 2.37. The Morgan fingerprint density at radius 3 is 2.43 bits per heavy atom. The lowest BCUT2D eigenvalue weighted by Crippen LogP contribution is -2.21. The molecule has 30 heavy (non-hydrogen) atoms. The van der Waals surface area contributed by atoms with Crippen molar-refractivity contribution in [3.63, 3.8) is 0 Å². The Labute approximate surface area is 191 Å². The molecule has 0 saturated heterocycles. The number of nitrogens with one attached hydrogen (secondary N) is 1. The smallest absolute Gasteiger partial charge is 0.180 e. The molecule has 3 rings (SSSR count). The lowest BCUT2D eigenvalue weighted by molar-refractivity contribution is 0.174. The summed E-state index contributed by atoms with van der Waals surface area (Å²) in [6.07, 6.45) is -0.588. The van der Waals surface area contributed by atoms with Gasteiger partial charge < -0.3 is 19.9 Å². The minimum absolute atomic E-state index is 0.229. The van der Waals surface area contributed by atoms with Crippen LogP contribution in [0.5, 0.6) is 11.5 Å². The van der Waals surface area contributed by atoms with Gasteiger partial charge in [0.15, 0.2) is 11.5 Å². The summed E-state index contributed by atoms with van der Waals surface area (Å²) in [5.74, 6) is 0.964. The van der Waals surface area contributed by atoms with E-state index in [0.717, 1.165) is 16.7 Å². The van der Waals surface area contributed by atoms with E-state index in [-0.39, 0.29) is 6.61 Å². The van der Waals surface area contributed by atoms with Crippen molar-refractivity contribution in [3.8, 4) is 11.5 Å². The number of aliphatic hydroxyl groups is 1. The van der Waals surface area contributed by atoms with E-state index in [0.29, 0.717) is 39.7 Å². The number of ether oxygens (including phenoxy) is 2. The quantitative estimate of drug-likeness (QED) is 0.402. The van der Waals surface area contributed by atoms with Crippen LogP contribution in [0.4, 0.5) is 0 Å². The van der Waals surface area contributed by atoms with Crippen LogP contribution in [0.3, 0.4) is 0 Å². The van der Waals surface area contributed by atoms with E-state index in [4.69, 9.17) is 44.3 Å². The van der Waals surface area contributed by atoms with E-state index >= 15 is 0 Å². The number of rotatable bonds is 9. The fourth-order valence-electron chi connectivity index (χ4n) is 2.95. The maximum absolute atomic E-state index is 10.3. The van der Waals surface area contributed by atoms with Gasteiger partial charge in [-0.2, -0.15) is 0 Å². The molecule has 3 aromatic carbocycles. The monoisotopic (exact) mass is 465 g/mol. The van der Waals surface area contributed by atoms with Crippen molar-refractivity contribution < 1.29 is 14.6 Å². The van der Waals surface area contributed by atoms with Crippen LogP contribution in [0.1, 0.15) is 22.8 Å². The summed E-state index contributed by atoms with van der Waals surface area (Å²) in [7, 11) is 1.56. The number of hydrogen-bond donors (Lipinski definition) is 2. The number of hydrogen-bond acceptors (Lipinski definition) is 4. The van der Waals surface area contributed by atoms with Gasteiger partial charge in [0.05, 0.1) is 18.2 Å². The molecule has 4 nitrogen and oxygen atoms in total. The Balaban J connectivity index is 1.63. The molecule has 0 aliphatic rings. The predicted octanol–water partition coefficient (Wildman–Crippen LogP) is 6.06. The van der Waals surface area contributed by atoms with Gasteiger partial charge in [-0.15, -0.1) is 0 Å². The first-order chi connectivity index (χ1) is 14.5. The number of aliphatic hydroxyl groups excluding tert-OH is 1. The summed E-state index contributed by atoms with van der Waals surface area (Å²) in [4.78, 5) is 0. The summed E-state index contributed by atoms with van der Waals surface area (Å²) in [5.41, 5.74) is 2.57. The summed E-state index contributed by atoms with van der Waals surface area (Å²) in [5, 5.41) is 15.0. The molecule has 0 aromatic heterocycles. The Morgan fingerprint density at radius 1 is 0.967 bits per heavy atom. The van der Waals surface area contributed by atoms with Crippen LogP contribution >= 0.6 is 34.8 Å². The van der Waals surface area contributed by atoms with Crippen LogP contribution in [0, 0.1) is 0 Å². The van der Waals surface area contributed by atoms with E-state index in [1.807, 2.05) is 42.5 Å². The molecule has 7 heteroatoms.